The van der Waals surface area contributed by atoms with Gasteiger partial charge in [-0.25, -0.2) is 14.4 Å². The molecule has 3 aromatic rings. The highest BCUT2D eigenvalue weighted by molar-refractivity contribution is 6.00. The number of nitrogens with one attached hydrogen (secondary N) is 1. The van der Waals surface area contributed by atoms with Crippen LogP contribution >= 0.6 is 0 Å². The van der Waals surface area contributed by atoms with E-state index < -0.39 is 0 Å². The van der Waals surface area contributed by atoms with Crippen molar-refractivity contribution in [3.05, 3.63) is 65.7 Å². The van der Waals surface area contributed by atoms with E-state index in [4.69, 9.17) is 0 Å². The zero-order valence-electron chi connectivity index (χ0n) is 15.9. The third kappa shape index (κ3) is 3.81. The van der Waals surface area contributed by atoms with Gasteiger partial charge in [-0.15, -0.1) is 0 Å². The molecule has 2 aromatic carbocycles. The summed E-state index contributed by atoms with van der Waals surface area (Å²) in [4.78, 5) is 23.9. The Morgan fingerprint density at radius 1 is 1.07 bits per heavy atom. The Morgan fingerprint density at radius 2 is 1.82 bits per heavy atom. The van der Waals surface area contributed by atoms with Crippen LogP contribution < -0.4 is 10.2 Å². The predicted molar refractivity (Wildman–Crippen MR) is 108 cm³/mol. The second kappa shape index (κ2) is 7.92. The number of hydrogen-bond acceptors (Lipinski definition) is 4. The van der Waals surface area contributed by atoms with Crippen LogP contribution in [0.2, 0.25) is 0 Å². The highest BCUT2D eigenvalue weighted by atomic mass is 19.1. The molecule has 0 unspecified atom stereocenters. The van der Waals surface area contributed by atoms with Crippen LogP contribution in [0.3, 0.4) is 0 Å². The number of carbonyl (C=O) groups excluding carboxylic acids is 1. The van der Waals surface area contributed by atoms with Crippen molar-refractivity contribution in [2.75, 3.05) is 18.0 Å². The lowest BCUT2D eigenvalue weighted by molar-refractivity contribution is 0.0940. The molecule has 2 heterocycles. The Morgan fingerprint density at radius 3 is 2.57 bits per heavy atom. The summed E-state index contributed by atoms with van der Waals surface area (Å²) in [6.45, 7) is 3.84. The van der Waals surface area contributed by atoms with E-state index in [1.165, 1.54) is 18.6 Å². The van der Waals surface area contributed by atoms with E-state index in [2.05, 4.69) is 20.2 Å². The minimum absolute atomic E-state index is 0.174. The van der Waals surface area contributed by atoms with Gasteiger partial charge in [-0.05, 0) is 62.1 Å². The van der Waals surface area contributed by atoms with Gasteiger partial charge in [0.1, 0.15) is 18.0 Å². The molecule has 144 valence electrons. The number of hydrogen-bond donors (Lipinski definition) is 1. The lowest BCUT2D eigenvalue weighted by Gasteiger charge is -2.28. The van der Waals surface area contributed by atoms with E-state index >= 15 is 0 Å². The minimum Gasteiger partial charge on any atom is -0.356 e. The van der Waals surface area contributed by atoms with Crippen LogP contribution in [-0.4, -0.2) is 29.0 Å². The second-order valence-electron chi connectivity index (χ2n) is 7.22. The fourth-order valence-electron chi connectivity index (χ4n) is 3.66. The molecule has 0 bridgehead atoms. The maximum Gasteiger partial charge on any atom is 0.251 e. The first kappa shape index (κ1) is 18.3. The Kier molecular flexibility index (Phi) is 5.19. The normalized spacial score (nSPS) is 15.4. The number of anilines is 1. The first-order valence-corrected chi connectivity index (χ1v) is 9.68. The molecule has 0 aliphatic carbocycles. The van der Waals surface area contributed by atoms with Crippen molar-refractivity contribution < 1.29 is 9.18 Å². The maximum atomic E-state index is 13.1. The van der Waals surface area contributed by atoms with Crippen molar-refractivity contribution in [1.29, 1.82) is 0 Å². The molecule has 4 rings (SSSR count). The molecule has 1 N–H and O–H groups in total. The number of amides is 1. The van der Waals surface area contributed by atoms with E-state index in [1.54, 1.807) is 24.5 Å². The highest BCUT2D eigenvalue weighted by Gasteiger charge is 2.17. The summed E-state index contributed by atoms with van der Waals surface area (Å²) < 4.78 is 13.1. The number of halogens is 1. The molecule has 1 saturated heterocycles. The molecule has 1 aromatic heterocycles. The average Bonchev–Trinajstić information content (AvgIpc) is 2.74. The van der Waals surface area contributed by atoms with Gasteiger partial charge in [-0.1, -0.05) is 12.1 Å². The van der Waals surface area contributed by atoms with Crippen molar-refractivity contribution in [3.63, 3.8) is 0 Å². The van der Waals surface area contributed by atoms with Crippen molar-refractivity contribution >= 4 is 22.6 Å². The molecule has 1 atom stereocenters. The predicted octanol–water partition coefficient (Wildman–Crippen LogP) is 4.25. The number of carbonyl (C=O) groups is 1. The lowest BCUT2D eigenvalue weighted by atomic mass is 10.1. The molecular weight excluding hydrogens is 355 g/mol. The number of benzene rings is 2. The van der Waals surface area contributed by atoms with Crippen LogP contribution in [-0.2, 0) is 0 Å². The van der Waals surface area contributed by atoms with Gasteiger partial charge in [-0.2, -0.15) is 0 Å². The van der Waals surface area contributed by atoms with E-state index in [-0.39, 0.29) is 17.8 Å². The number of piperidine rings is 1. The number of rotatable bonds is 4. The largest absolute Gasteiger partial charge is 0.356 e. The summed E-state index contributed by atoms with van der Waals surface area (Å²) >= 11 is 0. The molecule has 5 nitrogen and oxygen atoms in total. The van der Waals surface area contributed by atoms with Crippen molar-refractivity contribution in [1.82, 2.24) is 15.3 Å². The SMILES string of the molecule is C[C@@H](NC(=O)c1ccc2ncnc(N3CCCCC3)c2c1)c1ccc(F)cc1. The summed E-state index contributed by atoms with van der Waals surface area (Å²) in [5.74, 6) is 0.431. The van der Waals surface area contributed by atoms with Gasteiger partial charge in [-0.3, -0.25) is 4.79 Å². The van der Waals surface area contributed by atoms with Crippen LogP contribution in [0.15, 0.2) is 48.8 Å². The molecule has 1 amide bonds. The molecule has 0 spiro atoms. The Bertz CT molecular complexity index is 983. The molecule has 6 heteroatoms. The summed E-state index contributed by atoms with van der Waals surface area (Å²) in [7, 11) is 0. The van der Waals surface area contributed by atoms with Gasteiger partial charge >= 0.3 is 0 Å². The van der Waals surface area contributed by atoms with Crippen molar-refractivity contribution in [3.8, 4) is 0 Å². The van der Waals surface area contributed by atoms with Crippen LogP contribution in [0.1, 0.15) is 48.1 Å². The Labute approximate surface area is 163 Å². The number of nitrogens with zero attached hydrogens (tertiary/aromatic N) is 3. The first-order valence-electron chi connectivity index (χ1n) is 9.68. The summed E-state index contributed by atoms with van der Waals surface area (Å²) in [5.41, 5.74) is 2.25. The maximum absolute atomic E-state index is 13.1. The van der Waals surface area contributed by atoms with E-state index in [0.29, 0.717) is 5.56 Å². The first-order chi connectivity index (χ1) is 13.6. The van der Waals surface area contributed by atoms with Gasteiger partial charge in [0.2, 0.25) is 0 Å². The smallest absolute Gasteiger partial charge is 0.251 e. The fourth-order valence-corrected chi connectivity index (χ4v) is 3.66. The standard InChI is InChI=1S/C22H23FN4O/c1-15(16-5-8-18(23)9-6-16)26-22(28)17-7-10-20-19(13-17)21(25-14-24-20)27-11-3-2-4-12-27/h5-10,13-15H,2-4,11-12H2,1H3,(H,26,28)/t15-/m1/s1. The van der Waals surface area contributed by atoms with Crippen LogP contribution in [0.25, 0.3) is 10.9 Å². The molecular formula is C22H23FN4O. The van der Waals surface area contributed by atoms with E-state index in [9.17, 15) is 9.18 Å². The Hall–Kier alpha value is -3.02. The topological polar surface area (TPSA) is 58.1 Å². The van der Waals surface area contributed by atoms with Crippen LogP contribution in [0, 0.1) is 5.82 Å². The molecule has 28 heavy (non-hydrogen) atoms. The van der Waals surface area contributed by atoms with Crippen LogP contribution in [0.5, 0.6) is 0 Å². The second-order valence-corrected chi connectivity index (χ2v) is 7.22. The van der Waals surface area contributed by atoms with Gasteiger partial charge in [0, 0.05) is 24.0 Å². The summed E-state index contributed by atoms with van der Waals surface area (Å²) in [6, 6.07) is 11.5. The number of fused-ring (bicyclic) bond motifs is 1. The summed E-state index contributed by atoms with van der Waals surface area (Å²) in [6.07, 6.45) is 5.14. The third-order valence-corrected chi connectivity index (χ3v) is 5.25. The Balaban J connectivity index is 1.59. The fraction of sp³-hybridized carbons (Fsp3) is 0.318. The zero-order chi connectivity index (χ0) is 19.5. The van der Waals surface area contributed by atoms with Crippen molar-refractivity contribution in [2.24, 2.45) is 0 Å². The average molecular weight is 378 g/mol. The molecule has 0 saturated carbocycles. The lowest BCUT2D eigenvalue weighted by Crippen LogP contribution is -2.30. The van der Waals surface area contributed by atoms with Gasteiger partial charge in [0.15, 0.2) is 0 Å². The summed E-state index contributed by atoms with van der Waals surface area (Å²) in [5, 5.41) is 3.87. The van der Waals surface area contributed by atoms with Crippen LogP contribution in [0.4, 0.5) is 10.2 Å². The number of aromatic nitrogens is 2. The van der Waals surface area contributed by atoms with E-state index in [1.807, 2.05) is 19.1 Å². The van der Waals surface area contributed by atoms with E-state index in [0.717, 1.165) is 48.2 Å². The molecule has 1 fully saturated rings. The highest BCUT2D eigenvalue weighted by Crippen LogP contribution is 2.26. The molecule has 1 aliphatic heterocycles. The van der Waals surface area contributed by atoms with Gasteiger partial charge < -0.3 is 10.2 Å². The molecule has 1 aliphatic rings. The van der Waals surface area contributed by atoms with Crippen molar-refractivity contribution in [2.45, 2.75) is 32.2 Å². The zero-order valence-corrected chi connectivity index (χ0v) is 15.9. The molecule has 0 radical (unpaired) electrons. The third-order valence-electron chi connectivity index (χ3n) is 5.25. The minimum atomic E-state index is -0.290. The monoisotopic (exact) mass is 378 g/mol. The van der Waals surface area contributed by atoms with Gasteiger partial charge in [0.05, 0.1) is 11.6 Å². The van der Waals surface area contributed by atoms with Gasteiger partial charge in [0.25, 0.3) is 5.91 Å². The quantitative estimate of drug-likeness (QED) is 0.737.